The van der Waals surface area contributed by atoms with Gasteiger partial charge in [0.05, 0.1) is 11.0 Å². The van der Waals surface area contributed by atoms with Crippen LogP contribution in [-0.2, 0) is 12.3 Å². The van der Waals surface area contributed by atoms with E-state index in [-0.39, 0.29) is 0 Å². The number of aryl methyl sites for hydroxylation is 1. The molecule has 3 aromatic rings. The van der Waals surface area contributed by atoms with Gasteiger partial charge in [-0.25, -0.2) is 13.8 Å². The van der Waals surface area contributed by atoms with Crippen LogP contribution in [0.1, 0.15) is 18.1 Å². The highest BCUT2D eigenvalue weighted by atomic mass is 35.5. The molecule has 1 heterocycles. The highest BCUT2D eigenvalue weighted by Gasteiger charge is 2.11. The average Bonchev–Trinajstić information content (AvgIpc) is 2.56. The van der Waals surface area contributed by atoms with Crippen molar-refractivity contribution in [3.63, 3.8) is 0 Å². The van der Waals surface area contributed by atoms with E-state index in [0.29, 0.717) is 18.1 Å². The number of para-hydroxylation sites is 1. The molecule has 120 valence electrons. The highest BCUT2D eigenvalue weighted by Crippen LogP contribution is 2.29. The van der Waals surface area contributed by atoms with Crippen LogP contribution < -0.4 is 4.74 Å². The second kappa shape index (κ2) is 6.67. The summed E-state index contributed by atoms with van der Waals surface area (Å²) in [5.41, 5.74) is 3.53. The van der Waals surface area contributed by atoms with Crippen molar-refractivity contribution in [2.75, 3.05) is 6.61 Å². The number of ether oxygens (including phenoxy) is 1. The minimum atomic E-state index is -2.49. The molecule has 0 saturated heterocycles. The SMILES string of the molecule is CCc1cc2nc3c(CCl)cccc3cc2cc1OCC(F)F. The first kappa shape index (κ1) is 15.9. The number of nitrogens with zero attached hydrogens (tertiary/aromatic N) is 1. The summed E-state index contributed by atoms with van der Waals surface area (Å²) in [6.45, 7) is 1.36. The van der Waals surface area contributed by atoms with Gasteiger partial charge in [0.15, 0.2) is 0 Å². The van der Waals surface area contributed by atoms with Gasteiger partial charge in [-0.2, -0.15) is 0 Å². The van der Waals surface area contributed by atoms with Gasteiger partial charge in [-0.15, -0.1) is 11.6 Å². The summed E-state index contributed by atoms with van der Waals surface area (Å²) >= 11 is 5.98. The van der Waals surface area contributed by atoms with Gasteiger partial charge in [-0.05, 0) is 35.7 Å². The van der Waals surface area contributed by atoms with Gasteiger partial charge in [0.25, 0.3) is 6.43 Å². The number of hydrogen-bond donors (Lipinski definition) is 0. The van der Waals surface area contributed by atoms with Crippen molar-refractivity contribution in [1.82, 2.24) is 4.98 Å². The molecule has 2 nitrogen and oxygen atoms in total. The van der Waals surface area contributed by atoms with Gasteiger partial charge in [0, 0.05) is 16.7 Å². The number of benzene rings is 2. The monoisotopic (exact) mass is 335 g/mol. The standard InChI is InChI=1S/C18H16ClF2NO/c1-2-11-7-15-14(8-16(11)23-10-17(20)21)6-12-4-3-5-13(9-19)18(12)22-15/h3-8,17H,2,9-10H2,1H3. The Morgan fingerprint density at radius 2 is 1.96 bits per heavy atom. The van der Waals surface area contributed by atoms with Gasteiger partial charge >= 0.3 is 0 Å². The smallest absolute Gasteiger partial charge is 0.272 e. The Kier molecular flexibility index (Phi) is 4.62. The van der Waals surface area contributed by atoms with Crippen LogP contribution in [0, 0.1) is 0 Å². The molecule has 1 aromatic heterocycles. The molecule has 3 rings (SSSR count). The third-order valence-electron chi connectivity index (χ3n) is 3.79. The Morgan fingerprint density at radius 1 is 1.13 bits per heavy atom. The quantitative estimate of drug-likeness (QED) is 0.464. The third-order valence-corrected chi connectivity index (χ3v) is 4.08. The maximum absolute atomic E-state index is 12.4. The maximum Gasteiger partial charge on any atom is 0.272 e. The minimum absolute atomic E-state index is 0.395. The number of rotatable bonds is 5. The molecule has 2 aromatic carbocycles. The number of hydrogen-bond acceptors (Lipinski definition) is 2. The predicted octanol–water partition coefficient (Wildman–Crippen LogP) is 5.33. The molecule has 0 aliphatic heterocycles. The molecule has 23 heavy (non-hydrogen) atoms. The van der Waals surface area contributed by atoms with E-state index in [1.54, 1.807) is 6.07 Å². The average molecular weight is 336 g/mol. The van der Waals surface area contributed by atoms with Crippen molar-refractivity contribution in [2.24, 2.45) is 0 Å². The van der Waals surface area contributed by atoms with E-state index in [9.17, 15) is 8.78 Å². The van der Waals surface area contributed by atoms with E-state index in [1.165, 1.54) is 0 Å². The molecule has 0 bridgehead atoms. The summed E-state index contributed by atoms with van der Waals surface area (Å²) in [5.74, 6) is 0.890. The van der Waals surface area contributed by atoms with Crippen molar-refractivity contribution < 1.29 is 13.5 Å². The fourth-order valence-electron chi connectivity index (χ4n) is 2.66. The lowest BCUT2D eigenvalue weighted by molar-refractivity contribution is 0.0815. The fraction of sp³-hybridized carbons (Fsp3) is 0.278. The van der Waals surface area contributed by atoms with E-state index >= 15 is 0 Å². The zero-order valence-electron chi connectivity index (χ0n) is 12.7. The van der Waals surface area contributed by atoms with Crippen molar-refractivity contribution in [3.05, 3.63) is 47.5 Å². The topological polar surface area (TPSA) is 22.1 Å². The molecule has 5 heteroatoms. The Morgan fingerprint density at radius 3 is 2.65 bits per heavy atom. The fourth-order valence-corrected chi connectivity index (χ4v) is 2.88. The van der Waals surface area contributed by atoms with Crippen molar-refractivity contribution >= 4 is 33.4 Å². The molecule has 0 amide bonds. The number of pyridine rings is 1. The van der Waals surface area contributed by atoms with Crippen LogP contribution in [-0.4, -0.2) is 18.0 Å². The van der Waals surface area contributed by atoms with E-state index in [4.69, 9.17) is 21.3 Å². The van der Waals surface area contributed by atoms with Crippen LogP contribution in [0.25, 0.3) is 21.8 Å². The first-order valence-corrected chi connectivity index (χ1v) is 7.98. The summed E-state index contributed by atoms with van der Waals surface area (Å²) in [6.07, 6.45) is -1.80. The molecule has 0 saturated carbocycles. The Labute approximate surface area is 138 Å². The van der Waals surface area contributed by atoms with Gasteiger partial charge in [-0.1, -0.05) is 25.1 Å². The summed E-state index contributed by atoms with van der Waals surface area (Å²) in [4.78, 5) is 4.71. The Bertz CT molecular complexity index is 851. The first-order valence-electron chi connectivity index (χ1n) is 7.44. The molecule has 0 radical (unpaired) electrons. The zero-order chi connectivity index (χ0) is 16.4. The Hall–Kier alpha value is -1.94. The second-order valence-electron chi connectivity index (χ2n) is 5.32. The summed E-state index contributed by atoms with van der Waals surface area (Å²) in [7, 11) is 0. The van der Waals surface area contributed by atoms with E-state index < -0.39 is 13.0 Å². The molecule has 0 unspecified atom stereocenters. The van der Waals surface area contributed by atoms with Gasteiger partial charge in [-0.3, -0.25) is 0 Å². The predicted molar refractivity (Wildman–Crippen MR) is 89.7 cm³/mol. The highest BCUT2D eigenvalue weighted by molar-refractivity contribution is 6.18. The summed E-state index contributed by atoms with van der Waals surface area (Å²) in [6, 6.07) is 11.5. The van der Waals surface area contributed by atoms with E-state index in [2.05, 4.69) is 0 Å². The van der Waals surface area contributed by atoms with Crippen LogP contribution in [0.15, 0.2) is 36.4 Å². The lowest BCUT2D eigenvalue weighted by Gasteiger charge is -2.12. The lowest BCUT2D eigenvalue weighted by atomic mass is 10.0. The molecular weight excluding hydrogens is 320 g/mol. The van der Waals surface area contributed by atoms with Crippen LogP contribution >= 0.6 is 11.6 Å². The van der Waals surface area contributed by atoms with Gasteiger partial charge in [0.1, 0.15) is 12.4 Å². The van der Waals surface area contributed by atoms with Crippen molar-refractivity contribution in [2.45, 2.75) is 25.7 Å². The second-order valence-corrected chi connectivity index (χ2v) is 5.59. The Balaban J connectivity index is 2.16. The summed E-state index contributed by atoms with van der Waals surface area (Å²) in [5, 5.41) is 1.84. The largest absolute Gasteiger partial charge is 0.487 e. The molecule has 0 atom stereocenters. The normalized spacial score (nSPS) is 11.5. The lowest BCUT2D eigenvalue weighted by Crippen LogP contribution is -2.08. The van der Waals surface area contributed by atoms with Crippen LogP contribution in [0.2, 0.25) is 0 Å². The molecule has 0 fully saturated rings. The third kappa shape index (κ3) is 3.22. The van der Waals surface area contributed by atoms with Crippen LogP contribution in [0.4, 0.5) is 8.78 Å². The molecule has 0 N–H and O–H groups in total. The molecule has 0 aliphatic carbocycles. The number of halogens is 3. The zero-order valence-corrected chi connectivity index (χ0v) is 13.4. The van der Waals surface area contributed by atoms with Gasteiger partial charge < -0.3 is 4.74 Å². The van der Waals surface area contributed by atoms with Crippen molar-refractivity contribution in [1.29, 1.82) is 0 Å². The number of alkyl halides is 3. The van der Waals surface area contributed by atoms with Crippen LogP contribution in [0.3, 0.4) is 0 Å². The van der Waals surface area contributed by atoms with Crippen molar-refractivity contribution in [3.8, 4) is 5.75 Å². The first-order chi connectivity index (χ1) is 11.1. The van der Waals surface area contributed by atoms with E-state index in [0.717, 1.165) is 32.9 Å². The number of aromatic nitrogens is 1. The minimum Gasteiger partial charge on any atom is -0.487 e. The molecular formula is C18H16ClF2NO. The molecule has 0 aliphatic rings. The van der Waals surface area contributed by atoms with E-state index in [1.807, 2.05) is 37.3 Å². The molecule has 0 spiro atoms. The maximum atomic E-state index is 12.4. The summed E-state index contributed by atoms with van der Waals surface area (Å²) < 4.78 is 30.1. The number of fused-ring (bicyclic) bond motifs is 2. The van der Waals surface area contributed by atoms with Crippen LogP contribution in [0.5, 0.6) is 5.75 Å². The van der Waals surface area contributed by atoms with Gasteiger partial charge in [0.2, 0.25) is 0 Å².